The number of nitrogens with zero attached hydrogens (tertiary/aromatic N) is 3. The summed E-state index contributed by atoms with van der Waals surface area (Å²) >= 11 is 1.62. The molecule has 0 fully saturated rings. The van der Waals surface area contributed by atoms with Crippen LogP contribution in [0.1, 0.15) is 5.56 Å². The monoisotopic (exact) mass is 219 g/mol. The second kappa shape index (κ2) is 3.98. The second-order valence-electron chi connectivity index (χ2n) is 3.68. The number of fused-ring (bicyclic) bond motifs is 1. The van der Waals surface area contributed by atoms with Gasteiger partial charge in [0.1, 0.15) is 0 Å². The van der Waals surface area contributed by atoms with Crippen LogP contribution in [0.4, 0.5) is 5.13 Å². The van der Waals surface area contributed by atoms with Crippen LogP contribution in [-0.4, -0.2) is 30.3 Å². The fraction of sp³-hybridized carbons (Fsp3) is 0.273. The van der Waals surface area contributed by atoms with Crippen molar-refractivity contribution >= 4 is 33.0 Å². The van der Waals surface area contributed by atoms with E-state index >= 15 is 0 Å². The Bertz CT molecular complexity index is 500. The van der Waals surface area contributed by atoms with Crippen molar-refractivity contribution in [1.29, 1.82) is 0 Å². The first-order valence-corrected chi connectivity index (χ1v) is 5.54. The molecule has 2 aromatic rings. The normalized spacial score (nSPS) is 11.4. The maximum atomic E-state index is 4.42. The van der Waals surface area contributed by atoms with Gasteiger partial charge in [0.15, 0.2) is 0 Å². The maximum absolute atomic E-state index is 4.42. The van der Waals surface area contributed by atoms with Gasteiger partial charge in [0.2, 0.25) is 5.13 Å². The molecule has 0 atom stereocenters. The largest absolute Gasteiger partial charge is 0.369 e. The van der Waals surface area contributed by atoms with E-state index in [9.17, 15) is 0 Å². The quantitative estimate of drug-likeness (QED) is 0.574. The van der Waals surface area contributed by atoms with Gasteiger partial charge in [0.25, 0.3) is 0 Å². The van der Waals surface area contributed by atoms with E-state index in [1.165, 1.54) is 10.3 Å². The molecule has 0 saturated heterocycles. The lowest BCUT2D eigenvalue weighted by Gasteiger charge is -1.99. The molecule has 1 aromatic carbocycles. The molecule has 0 N–H and O–H groups in total. The third-order valence-electron chi connectivity index (χ3n) is 1.93. The summed E-state index contributed by atoms with van der Waals surface area (Å²) in [6.07, 6.45) is 1.77. The molecule has 15 heavy (non-hydrogen) atoms. The first-order valence-electron chi connectivity index (χ1n) is 4.73. The van der Waals surface area contributed by atoms with Crippen molar-refractivity contribution in [1.82, 2.24) is 9.88 Å². The van der Waals surface area contributed by atoms with Crippen molar-refractivity contribution in [3.05, 3.63) is 23.8 Å². The van der Waals surface area contributed by atoms with Gasteiger partial charge in [-0.15, -0.1) is 0 Å². The smallest absolute Gasteiger partial charge is 0.211 e. The van der Waals surface area contributed by atoms with Gasteiger partial charge >= 0.3 is 0 Å². The summed E-state index contributed by atoms with van der Waals surface area (Å²) in [7, 11) is 3.89. The molecule has 0 saturated carbocycles. The molecular formula is C11H13N3S. The van der Waals surface area contributed by atoms with Gasteiger partial charge in [-0.3, -0.25) is 0 Å². The average Bonchev–Trinajstić information content (AvgIpc) is 2.56. The van der Waals surface area contributed by atoms with Crippen molar-refractivity contribution in [3.63, 3.8) is 0 Å². The zero-order valence-corrected chi connectivity index (χ0v) is 9.88. The van der Waals surface area contributed by atoms with Crippen LogP contribution in [0.25, 0.3) is 10.2 Å². The first kappa shape index (κ1) is 10.1. The van der Waals surface area contributed by atoms with Crippen LogP contribution in [0, 0.1) is 6.92 Å². The number of aryl methyl sites for hydroxylation is 1. The number of aromatic nitrogens is 1. The third kappa shape index (κ3) is 2.33. The summed E-state index contributed by atoms with van der Waals surface area (Å²) in [6, 6.07) is 6.25. The topological polar surface area (TPSA) is 28.5 Å². The molecule has 0 unspecified atom stereocenters. The number of thiazole rings is 1. The summed E-state index contributed by atoms with van der Waals surface area (Å²) in [4.78, 5) is 10.6. The number of aliphatic imine (C=N–C) groups is 1. The molecule has 78 valence electrons. The molecule has 1 aromatic heterocycles. The molecule has 0 spiro atoms. The van der Waals surface area contributed by atoms with Crippen LogP contribution in [0.2, 0.25) is 0 Å². The van der Waals surface area contributed by atoms with E-state index in [2.05, 4.69) is 29.0 Å². The minimum Gasteiger partial charge on any atom is -0.369 e. The van der Waals surface area contributed by atoms with E-state index in [0.29, 0.717) is 0 Å². The second-order valence-corrected chi connectivity index (χ2v) is 4.68. The predicted molar refractivity (Wildman–Crippen MR) is 66.2 cm³/mol. The van der Waals surface area contributed by atoms with Gasteiger partial charge < -0.3 is 4.90 Å². The van der Waals surface area contributed by atoms with Gasteiger partial charge in [-0.25, -0.2) is 9.98 Å². The first-order chi connectivity index (χ1) is 7.15. The van der Waals surface area contributed by atoms with Crippen LogP contribution in [0.3, 0.4) is 0 Å². The summed E-state index contributed by atoms with van der Waals surface area (Å²) in [5.74, 6) is 0. The van der Waals surface area contributed by atoms with Crippen LogP contribution in [-0.2, 0) is 0 Å². The van der Waals surface area contributed by atoms with Gasteiger partial charge in [-0.1, -0.05) is 17.4 Å². The Morgan fingerprint density at radius 2 is 2.20 bits per heavy atom. The predicted octanol–water partition coefficient (Wildman–Crippen LogP) is 2.83. The van der Waals surface area contributed by atoms with Crippen LogP contribution in [0.5, 0.6) is 0 Å². The molecular weight excluding hydrogens is 206 g/mol. The van der Waals surface area contributed by atoms with Gasteiger partial charge in [0.05, 0.1) is 16.6 Å². The highest BCUT2D eigenvalue weighted by Gasteiger charge is 2.01. The highest BCUT2D eigenvalue weighted by Crippen LogP contribution is 2.28. The number of benzene rings is 1. The van der Waals surface area contributed by atoms with E-state index in [0.717, 1.165) is 10.6 Å². The number of rotatable bonds is 2. The molecule has 3 nitrogen and oxygen atoms in total. The highest BCUT2D eigenvalue weighted by molar-refractivity contribution is 7.22. The van der Waals surface area contributed by atoms with E-state index in [4.69, 9.17) is 0 Å². The van der Waals surface area contributed by atoms with Gasteiger partial charge in [-0.2, -0.15) is 0 Å². The zero-order chi connectivity index (χ0) is 10.8. The number of hydrogen-bond donors (Lipinski definition) is 0. The van der Waals surface area contributed by atoms with Crippen LogP contribution < -0.4 is 0 Å². The summed E-state index contributed by atoms with van der Waals surface area (Å²) < 4.78 is 1.20. The Hall–Kier alpha value is -1.42. The molecule has 0 aliphatic carbocycles. The minimum atomic E-state index is 0.810. The Morgan fingerprint density at radius 3 is 2.93 bits per heavy atom. The average molecular weight is 219 g/mol. The number of hydrogen-bond acceptors (Lipinski definition) is 3. The minimum absolute atomic E-state index is 0.810. The Balaban J connectivity index is 2.39. The van der Waals surface area contributed by atoms with Crippen molar-refractivity contribution < 1.29 is 0 Å². The molecule has 4 heteroatoms. The molecule has 1 heterocycles. The fourth-order valence-electron chi connectivity index (χ4n) is 1.24. The lowest BCUT2D eigenvalue weighted by molar-refractivity contribution is 0.643. The van der Waals surface area contributed by atoms with E-state index in [-0.39, 0.29) is 0 Å². The summed E-state index contributed by atoms with van der Waals surface area (Å²) in [5.41, 5.74) is 2.28. The highest BCUT2D eigenvalue weighted by atomic mass is 32.1. The standard InChI is InChI=1S/C11H13N3S/c1-8-4-5-9-10(6-8)15-11(13-9)12-7-14(2)3/h4-7H,1-3H3. The van der Waals surface area contributed by atoms with Crippen LogP contribution in [0.15, 0.2) is 23.2 Å². The molecule has 0 amide bonds. The van der Waals surface area contributed by atoms with Crippen molar-refractivity contribution in [3.8, 4) is 0 Å². The Labute approximate surface area is 93.1 Å². The zero-order valence-electron chi connectivity index (χ0n) is 9.06. The van der Waals surface area contributed by atoms with Gasteiger partial charge in [0, 0.05) is 14.1 Å². The fourth-order valence-corrected chi connectivity index (χ4v) is 2.14. The Kier molecular flexibility index (Phi) is 2.68. The molecule has 0 aliphatic heterocycles. The van der Waals surface area contributed by atoms with Gasteiger partial charge in [-0.05, 0) is 24.6 Å². The lowest BCUT2D eigenvalue weighted by Crippen LogP contribution is -2.06. The Morgan fingerprint density at radius 1 is 1.40 bits per heavy atom. The van der Waals surface area contributed by atoms with E-state index in [1.807, 2.05) is 25.1 Å². The van der Waals surface area contributed by atoms with Crippen molar-refractivity contribution in [2.24, 2.45) is 4.99 Å². The van der Waals surface area contributed by atoms with Crippen molar-refractivity contribution in [2.75, 3.05) is 14.1 Å². The third-order valence-corrected chi connectivity index (χ3v) is 2.86. The molecule has 0 aliphatic rings. The molecule has 0 radical (unpaired) electrons. The maximum Gasteiger partial charge on any atom is 0.211 e. The lowest BCUT2D eigenvalue weighted by atomic mass is 10.2. The summed E-state index contributed by atoms with van der Waals surface area (Å²) in [6.45, 7) is 2.09. The van der Waals surface area contributed by atoms with E-state index in [1.54, 1.807) is 17.7 Å². The van der Waals surface area contributed by atoms with Crippen molar-refractivity contribution in [2.45, 2.75) is 6.92 Å². The van der Waals surface area contributed by atoms with Crippen LogP contribution >= 0.6 is 11.3 Å². The molecule has 0 bridgehead atoms. The van der Waals surface area contributed by atoms with E-state index < -0.39 is 0 Å². The summed E-state index contributed by atoms with van der Waals surface area (Å²) in [5, 5.41) is 0.810. The molecule has 2 rings (SSSR count). The SMILES string of the molecule is Cc1ccc2nc(N=CN(C)C)sc2c1.